The summed E-state index contributed by atoms with van der Waals surface area (Å²) in [6.45, 7) is 9.54. The molecule has 3 fully saturated rings. The Bertz CT molecular complexity index is 227. The lowest BCUT2D eigenvalue weighted by Crippen LogP contribution is -2.53. The highest BCUT2D eigenvalue weighted by molar-refractivity contribution is 7.19. The van der Waals surface area contributed by atoms with Crippen molar-refractivity contribution in [3.8, 4) is 0 Å². The Kier molecular flexibility index (Phi) is 2.55. The summed E-state index contributed by atoms with van der Waals surface area (Å²) < 4.78 is 0. The second-order valence-corrected chi connectivity index (χ2v) is 13.5. The summed E-state index contributed by atoms with van der Waals surface area (Å²) in [5, 5.41) is 0. The lowest BCUT2D eigenvalue weighted by Gasteiger charge is -2.60. The Morgan fingerprint density at radius 1 is 1.29 bits per heavy atom. The van der Waals surface area contributed by atoms with E-state index in [2.05, 4.69) is 26.9 Å². The smallest absolute Gasteiger partial charge is 0.150 e. The van der Waals surface area contributed by atoms with Gasteiger partial charge in [0.05, 0.1) is 0 Å². The molecule has 0 nitrogen and oxygen atoms in total. The van der Waals surface area contributed by atoms with Crippen LogP contribution in [-0.2, 0) is 0 Å². The lowest BCUT2D eigenvalue weighted by molar-refractivity contribution is -0.0989. The fraction of sp³-hybridized carbons (Fsp3) is 1.00. The van der Waals surface area contributed by atoms with Crippen LogP contribution in [0.5, 0.6) is 0 Å². The molecule has 0 aliphatic heterocycles. The molecule has 82 valence electrons. The first kappa shape index (κ1) is 11.0. The molecular formula is C12H23ClSi. The SMILES string of the molecule is CC1(C)[C@@H]2CC[C@@H](C[Si](C)(C)Cl)[C@H]1C2. The van der Waals surface area contributed by atoms with Gasteiger partial charge >= 0.3 is 0 Å². The van der Waals surface area contributed by atoms with Gasteiger partial charge in [0, 0.05) is 0 Å². The van der Waals surface area contributed by atoms with Crippen LogP contribution in [0.1, 0.15) is 33.1 Å². The Labute approximate surface area is 94.1 Å². The van der Waals surface area contributed by atoms with Gasteiger partial charge in [0.15, 0.2) is 7.38 Å². The van der Waals surface area contributed by atoms with Crippen molar-refractivity contribution in [2.24, 2.45) is 23.2 Å². The van der Waals surface area contributed by atoms with Crippen LogP contribution >= 0.6 is 11.1 Å². The van der Waals surface area contributed by atoms with E-state index < -0.39 is 7.38 Å². The second kappa shape index (κ2) is 3.25. The summed E-state index contributed by atoms with van der Waals surface area (Å²) >= 11 is 6.48. The van der Waals surface area contributed by atoms with Gasteiger partial charge in [-0.25, -0.2) is 0 Å². The maximum atomic E-state index is 6.48. The normalized spacial score (nSPS) is 40.5. The van der Waals surface area contributed by atoms with Gasteiger partial charge in [-0.05, 0) is 42.1 Å². The van der Waals surface area contributed by atoms with Crippen molar-refractivity contribution in [1.82, 2.24) is 0 Å². The maximum Gasteiger partial charge on any atom is 0.150 e. The molecule has 14 heavy (non-hydrogen) atoms. The largest absolute Gasteiger partial charge is 0.168 e. The highest BCUT2D eigenvalue weighted by atomic mass is 35.6. The standard InChI is InChI=1S/C12H23ClSi/c1-12(2)10-6-5-9(11(12)7-10)8-14(3,4)13/h9-11H,5-8H2,1-4H3/t9-,10+,11+/m0/s1. The van der Waals surface area contributed by atoms with Gasteiger partial charge < -0.3 is 0 Å². The summed E-state index contributed by atoms with van der Waals surface area (Å²) in [6, 6.07) is 1.34. The van der Waals surface area contributed by atoms with Crippen molar-refractivity contribution in [2.45, 2.75) is 52.2 Å². The number of fused-ring (bicyclic) bond motifs is 2. The number of hydrogen-bond acceptors (Lipinski definition) is 0. The lowest BCUT2D eigenvalue weighted by atomic mass is 9.46. The number of halogens is 1. The molecule has 0 saturated heterocycles. The zero-order valence-corrected chi connectivity index (χ0v) is 11.7. The molecule has 0 aromatic heterocycles. The third-order valence-corrected chi connectivity index (χ3v) is 6.71. The molecule has 2 bridgehead atoms. The molecule has 0 N–H and O–H groups in total. The molecule has 0 spiro atoms. The molecule has 0 aromatic rings. The molecule has 2 heteroatoms. The van der Waals surface area contributed by atoms with E-state index >= 15 is 0 Å². The van der Waals surface area contributed by atoms with Crippen LogP contribution in [0.15, 0.2) is 0 Å². The van der Waals surface area contributed by atoms with E-state index in [0.29, 0.717) is 5.41 Å². The van der Waals surface area contributed by atoms with E-state index in [9.17, 15) is 0 Å². The maximum absolute atomic E-state index is 6.48. The van der Waals surface area contributed by atoms with Gasteiger partial charge in [-0.3, -0.25) is 0 Å². The van der Waals surface area contributed by atoms with Crippen LogP contribution in [0.2, 0.25) is 19.1 Å². The van der Waals surface area contributed by atoms with Gasteiger partial charge in [-0.2, -0.15) is 11.1 Å². The Morgan fingerprint density at radius 2 is 1.93 bits per heavy atom. The average Bonchev–Trinajstić information content (AvgIpc) is 2.00. The van der Waals surface area contributed by atoms with Crippen LogP contribution in [-0.4, -0.2) is 7.38 Å². The van der Waals surface area contributed by atoms with Gasteiger partial charge in [-0.1, -0.05) is 33.4 Å². The topological polar surface area (TPSA) is 0 Å². The minimum Gasteiger partial charge on any atom is -0.168 e. The highest BCUT2D eigenvalue weighted by Gasteiger charge is 2.54. The van der Waals surface area contributed by atoms with Crippen LogP contribution in [0.3, 0.4) is 0 Å². The van der Waals surface area contributed by atoms with Crippen LogP contribution in [0.4, 0.5) is 0 Å². The zero-order chi connectivity index (χ0) is 10.6. The van der Waals surface area contributed by atoms with E-state index in [-0.39, 0.29) is 0 Å². The van der Waals surface area contributed by atoms with Crippen molar-refractivity contribution in [1.29, 1.82) is 0 Å². The van der Waals surface area contributed by atoms with Gasteiger partial charge in [-0.15, -0.1) is 0 Å². The number of hydrogen-bond donors (Lipinski definition) is 0. The Balaban J connectivity index is 2.01. The molecule has 3 rings (SSSR count). The molecule has 0 unspecified atom stereocenters. The molecule has 0 amide bonds. The second-order valence-electron chi connectivity index (χ2n) is 6.62. The monoisotopic (exact) mass is 230 g/mol. The fourth-order valence-corrected chi connectivity index (χ4v) is 6.16. The van der Waals surface area contributed by atoms with Gasteiger partial charge in [0.25, 0.3) is 0 Å². The van der Waals surface area contributed by atoms with Crippen LogP contribution in [0.25, 0.3) is 0 Å². The zero-order valence-electron chi connectivity index (χ0n) is 9.94. The van der Waals surface area contributed by atoms with E-state index in [1.165, 1.54) is 25.3 Å². The summed E-state index contributed by atoms with van der Waals surface area (Å²) in [6.07, 6.45) is 4.43. The molecule has 0 radical (unpaired) electrons. The van der Waals surface area contributed by atoms with E-state index in [1.807, 2.05) is 0 Å². The molecule has 0 aromatic carbocycles. The highest BCUT2D eigenvalue weighted by Crippen LogP contribution is 2.62. The van der Waals surface area contributed by atoms with Crippen molar-refractivity contribution in [3.63, 3.8) is 0 Å². The predicted octanol–water partition coefficient (Wildman–Crippen LogP) is 4.50. The molecule has 3 atom stereocenters. The van der Waals surface area contributed by atoms with E-state index in [0.717, 1.165) is 17.8 Å². The molecule has 3 saturated carbocycles. The van der Waals surface area contributed by atoms with Crippen molar-refractivity contribution in [3.05, 3.63) is 0 Å². The Hall–Kier alpha value is 0.507. The van der Waals surface area contributed by atoms with Crippen molar-refractivity contribution >= 4 is 18.5 Å². The summed E-state index contributed by atoms with van der Waals surface area (Å²) in [5.41, 5.74) is 0.638. The van der Waals surface area contributed by atoms with E-state index in [4.69, 9.17) is 11.1 Å². The summed E-state index contributed by atoms with van der Waals surface area (Å²) in [7, 11) is -1.35. The van der Waals surface area contributed by atoms with Crippen LogP contribution in [0, 0.1) is 23.2 Å². The third-order valence-electron chi connectivity index (χ3n) is 4.75. The Morgan fingerprint density at radius 3 is 2.36 bits per heavy atom. The molecule has 0 heterocycles. The van der Waals surface area contributed by atoms with Crippen molar-refractivity contribution in [2.75, 3.05) is 0 Å². The third kappa shape index (κ3) is 1.78. The molecule has 3 aliphatic rings. The molecular weight excluding hydrogens is 208 g/mol. The first-order valence-corrected chi connectivity index (χ1v) is 10.2. The predicted molar refractivity (Wildman–Crippen MR) is 66.2 cm³/mol. The minimum absolute atomic E-state index is 0.638. The first-order chi connectivity index (χ1) is 6.31. The van der Waals surface area contributed by atoms with Gasteiger partial charge in [0.1, 0.15) is 0 Å². The van der Waals surface area contributed by atoms with Crippen LogP contribution < -0.4 is 0 Å². The first-order valence-electron chi connectivity index (χ1n) is 5.99. The molecule has 3 aliphatic carbocycles. The van der Waals surface area contributed by atoms with Gasteiger partial charge in [0.2, 0.25) is 0 Å². The average molecular weight is 231 g/mol. The number of rotatable bonds is 2. The van der Waals surface area contributed by atoms with E-state index in [1.54, 1.807) is 0 Å². The summed E-state index contributed by atoms with van der Waals surface area (Å²) in [5.74, 6) is 2.98. The van der Waals surface area contributed by atoms with Crippen molar-refractivity contribution < 1.29 is 0 Å². The fourth-order valence-electron chi connectivity index (χ4n) is 3.83. The quantitative estimate of drug-likeness (QED) is 0.484. The summed E-state index contributed by atoms with van der Waals surface area (Å²) in [4.78, 5) is 0. The minimum atomic E-state index is -1.35.